The van der Waals surface area contributed by atoms with Gasteiger partial charge in [-0.05, 0) is 24.1 Å². The van der Waals surface area contributed by atoms with Gasteiger partial charge in [0.15, 0.2) is 0 Å². The minimum absolute atomic E-state index is 0.105. The van der Waals surface area contributed by atoms with Crippen LogP contribution in [0.15, 0.2) is 24.5 Å². The van der Waals surface area contributed by atoms with Gasteiger partial charge in [0.1, 0.15) is 11.5 Å². The number of hydrogen-bond acceptors (Lipinski definition) is 3. The summed E-state index contributed by atoms with van der Waals surface area (Å²) < 4.78 is 0. The van der Waals surface area contributed by atoms with E-state index in [9.17, 15) is 9.90 Å². The molecule has 0 aliphatic rings. The van der Waals surface area contributed by atoms with Crippen molar-refractivity contribution in [2.24, 2.45) is 0 Å². The van der Waals surface area contributed by atoms with Crippen LogP contribution < -0.4 is 5.32 Å². The average molecular weight is 268 g/mol. The zero-order chi connectivity index (χ0) is 13.0. The number of pyridine rings is 1. The van der Waals surface area contributed by atoms with Gasteiger partial charge in [-0.3, -0.25) is 4.79 Å². The predicted octanol–water partition coefficient (Wildman–Crippen LogP) is 0.821. The van der Waals surface area contributed by atoms with Crippen molar-refractivity contribution < 1.29 is 9.90 Å². The number of aromatic amines is 1. The molecule has 0 aliphatic heterocycles. The Kier molecular flexibility index (Phi) is 4.17. The molecule has 2 aromatic rings. The first-order valence-corrected chi connectivity index (χ1v) is 6.15. The average Bonchev–Trinajstić information content (AvgIpc) is 2.81. The predicted molar refractivity (Wildman–Crippen MR) is 69.5 cm³/mol. The third-order valence-corrected chi connectivity index (χ3v) is 2.95. The zero-order valence-corrected chi connectivity index (χ0v) is 10.4. The standard InChI is InChI=1S/C12H14ClN3O2/c13-5-11(18)16-9(7-17)4-8-6-15-12-10(8)2-1-3-14-12/h1-3,6,9,17H,4-5,7H2,(H,14,15)(H,16,18). The van der Waals surface area contributed by atoms with E-state index in [1.165, 1.54) is 0 Å². The van der Waals surface area contributed by atoms with E-state index in [1.807, 2.05) is 18.3 Å². The molecule has 0 aromatic carbocycles. The normalized spacial score (nSPS) is 12.6. The molecular weight excluding hydrogens is 254 g/mol. The van der Waals surface area contributed by atoms with Gasteiger partial charge in [-0.2, -0.15) is 0 Å². The number of hydrogen-bond donors (Lipinski definition) is 3. The van der Waals surface area contributed by atoms with Crippen molar-refractivity contribution in [2.75, 3.05) is 12.5 Å². The molecule has 5 nitrogen and oxygen atoms in total. The third-order valence-electron chi connectivity index (χ3n) is 2.71. The molecule has 2 heterocycles. The largest absolute Gasteiger partial charge is 0.394 e. The summed E-state index contributed by atoms with van der Waals surface area (Å²) in [4.78, 5) is 18.4. The van der Waals surface area contributed by atoms with E-state index in [-0.39, 0.29) is 24.4 Å². The third kappa shape index (κ3) is 2.80. The van der Waals surface area contributed by atoms with E-state index in [0.717, 1.165) is 16.6 Å². The number of carbonyl (C=O) groups is 1. The lowest BCUT2D eigenvalue weighted by Crippen LogP contribution is -2.39. The molecule has 96 valence electrons. The van der Waals surface area contributed by atoms with Gasteiger partial charge in [-0.15, -0.1) is 11.6 Å². The number of H-pyrrole nitrogens is 1. The van der Waals surface area contributed by atoms with Crippen molar-refractivity contribution in [2.45, 2.75) is 12.5 Å². The SMILES string of the molecule is O=C(CCl)NC(CO)Cc1c[nH]c2ncccc12. The van der Waals surface area contributed by atoms with Crippen LogP contribution in [0.5, 0.6) is 0 Å². The molecule has 6 heteroatoms. The number of rotatable bonds is 5. The maximum absolute atomic E-state index is 11.2. The Morgan fingerprint density at radius 2 is 2.44 bits per heavy atom. The summed E-state index contributed by atoms with van der Waals surface area (Å²) in [6.07, 6.45) is 4.08. The van der Waals surface area contributed by atoms with Gasteiger partial charge in [0.05, 0.1) is 12.6 Å². The Hall–Kier alpha value is -1.59. The molecule has 3 N–H and O–H groups in total. The fourth-order valence-corrected chi connectivity index (χ4v) is 1.95. The van der Waals surface area contributed by atoms with E-state index in [0.29, 0.717) is 6.42 Å². The minimum Gasteiger partial charge on any atom is -0.394 e. The summed E-state index contributed by atoms with van der Waals surface area (Å²) >= 11 is 5.42. The van der Waals surface area contributed by atoms with Crippen molar-refractivity contribution in [1.29, 1.82) is 0 Å². The number of alkyl halides is 1. The van der Waals surface area contributed by atoms with Crippen LogP contribution in [0.3, 0.4) is 0 Å². The summed E-state index contributed by atoms with van der Waals surface area (Å²) in [6.45, 7) is -0.129. The second kappa shape index (κ2) is 5.84. The molecule has 0 saturated carbocycles. The first-order chi connectivity index (χ1) is 8.74. The zero-order valence-electron chi connectivity index (χ0n) is 9.69. The van der Waals surface area contributed by atoms with Crippen LogP contribution in [0.25, 0.3) is 11.0 Å². The highest BCUT2D eigenvalue weighted by molar-refractivity contribution is 6.27. The molecule has 0 bridgehead atoms. The van der Waals surface area contributed by atoms with E-state index in [4.69, 9.17) is 11.6 Å². The van der Waals surface area contributed by atoms with Crippen LogP contribution in [0.4, 0.5) is 0 Å². The fraction of sp³-hybridized carbons (Fsp3) is 0.333. The Morgan fingerprint density at radius 1 is 1.61 bits per heavy atom. The molecule has 0 fully saturated rings. The maximum Gasteiger partial charge on any atom is 0.235 e. The summed E-state index contributed by atoms with van der Waals surface area (Å²) in [6, 6.07) is 3.46. The molecule has 1 unspecified atom stereocenters. The Morgan fingerprint density at radius 3 is 3.17 bits per heavy atom. The topological polar surface area (TPSA) is 78.0 Å². The number of aliphatic hydroxyl groups excluding tert-OH is 1. The monoisotopic (exact) mass is 267 g/mol. The number of aliphatic hydroxyl groups is 1. The van der Waals surface area contributed by atoms with Crippen LogP contribution in [-0.4, -0.2) is 39.5 Å². The fourth-order valence-electron chi connectivity index (χ4n) is 1.87. The summed E-state index contributed by atoms with van der Waals surface area (Å²) in [5, 5.41) is 12.9. The first-order valence-electron chi connectivity index (χ1n) is 5.61. The number of carbonyl (C=O) groups excluding carboxylic acids is 1. The Bertz CT molecular complexity index is 541. The van der Waals surface area contributed by atoms with Gasteiger partial charge < -0.3 is 15.4 Å². The van der Waals surface area contributed by atoms with Crippen molar-refractivity contribution >= 4 is 28.5 Å². The lowest BCUT2D eigenvalue weighted by atomic mass is 10.1. The second-order valence-corrected chi connectivity index (χ2v) is 4.27. The van der Waals surface area contributed by atoms with Crippen molar-refractivity contribution in [3.63, 3.8) is 0 Å². The lowest BCUT2D eigenvalue weighted by Gasteiger charge is -2.14. The first kappa shape index (κ1) is 12.9. The Labute approximate surface area is 109 Å². The van der Waals surface area contributed by atoms with E-state index in [1.54, 1.807) is 6.20 Å². The number of nitrogens with zero attached hydrogens (tertiary/aromatic N) is 1. The molecule has 18 heavy (non-hydrogen) atoms. The second-order valence-electron chi connectivity index (χ2n) is 4.00. The smallest absolute Gasteiger partial charge is 0.235 e. The summed E-state index contributed by atoms with van der Waals surface area (Å²) in [7, 11) is 0. The van der Waals surface area contributed by atoms with Crippen molar-refractivity contribution in [3.8, 4) is 0 Å². The maximum atomic E-state index is 11.2. The van der Waals surface area contributed by atoms with E-state index >= 15 is 0 Å². The van der Waals surface area contributed by atoms with Gasteiger partial charge in [-0.25, -0.2) is 4.98 Å². The molecule has 1 amide bonds. The van der Waals surface area contributed by atoms with Gasteiger partial charge >= 0.3 is 0 Å². The summed E-state index contributed by atoms with van der Waals surface area (Å²) in [5.41, 5.74) is 1.81. The van der Waals surface area contributed by atoms with Crippen molar-refractivity contribution in [1.82, 2.24) is 15.3 Å². The highest BCUT2D eigenvalue weighted by Crippen LogP contribution is 2.17. The van der Waals surface area contributed by atoms with Gasteiger partial charge in [-0.1, -0.05) is 0 Å². The van der Waals surface area contributed by atoms with E-state index < -0.39 is 0 Å². The number of halogens is 1. The van der Waals surface area contributed by atoms with Gasteiger partial charge in [0.25, 0.3) is 0 Å². The number of amides is 1. The lowest BCUT2D eigenvalue weighted by molar-refractivity contribution is -0.119. The van der Waals surface area contributed by atoms with Crippen LogP contribution in [-0.2, 0) is 11.2 Å². The summed E-state index contributed by atoms with van der Waals surface area (Å²) in [5.74, 6) is -0.389. The Balaban J connectivity index is 2.14. The molecular formula is C12H14ClN3O2. The van der Waals surface area contributed by atoms with Crippen LogP contribution >= 0.6 is 11.6 Å². The van der Waals surface area contributed by atoms with Crippen molar-refractivity contribution in [3.05, 3.63) is 30.1 Å². The number of fused-ring (bicyclic) bond motifs is 1. The number of nitrogens with one attached hydrogen (secondary N) is 2. The molecule has 1 atom stereocenters. The van der Waals surface area contributed by atoms with Crippen LogP contribution in [0.2, 0.25) is 0 Å². The van der Waals surface area contributed by atoms with Gasteiger partial charge in [0.2, 0.25) is 5.91 Å². The highest BCUT2D eigenvalue weighted by Gasteiger charge is 2.14. The highest BCUT2D eigenvalue weighted by atomic mass is 35.5. The van der Waals surface area contributed by atoms with Crippen LogP contribution in [0, 0.1) is 0 Å². The number of aromatic nitrogens is 2. The molecule has 0 saturated heterocycles. The molecule has 2 aromatic heterocycles. The molecule has 0 spiro atoms. The molecule has 0 radical (unpaired) electrons. The quantitative estimate of drug-likeness (QED) is 0.702. The van der Waals surface area contributed by atoms with Crippen LogP contribution in [0.1, 0.15) is 5.56 Å². The molecule has 0 aliphatic carbocycles. The molecule has 2 rings (SSSR count). The minimum atomic E-state index is -0.338. The van der Waals surface area contributed by atoms with Gasteiger partial charge in [0, 0.05) is 17.8 Å². The van der Waals surface area contributed by atoms with E-state index in [2.05, 4.69) is 15.3 Å².